The molecule has 140 valence electrons. The van der Waals surface area contributed by atoms with E-state index in [4.69, 9.17) is 0 Å². The fraction of sp³-hybridized carbons (Fsp3) is 0.632. The maximum atomic E-state index is 4.56. The average Bonchev–Trinajstić information content (AvgIpc) is 3.05. The second-order valence-corrected chi connectivity index (χ2v) is 7.77. The van der Waals surface area contributed by atoms with Crippen molar-refractivity contribution in [2.75, 3.05) is 39.0 Å². The smallest absolute Gasteiger partial charge is 0.134 e. The number of hydrogen-bond donors (Lipinski definition) is 1. The Kier molecular flexibility index (Phi) is 4.91. The van der Waals surface area contributed by atoms with E-state index >= 15 is 0 Å². The van der Waals surface area contributed by atoms with Crippen LogP contribution in [0.1, 0.15) is 35.8 Å². The summed E-state index contributed by atoms with van der Waals surface area (Å²) in [6.07, 6.45) is 9.09. The van der Waals surface area contributed by atoms with Gasteiger partial charge in [0.05, 0.1) is 23.8 Å². The van der Waals surface area contributed by atoms with Crippen molar-refractivity contribution < 1.29 is 0 Å². The van der Waals surface area contributed by atoms with Crippen molar-refractivity contribution >= 4 is 5.82 Å². The van der Waals surface area contributed by atoms with Gasteiger partial charge in [0.15, 0.2) is 0 Å². The third-order valence-electron chi connectivity index (χ3n) is 5.89. The van der Waals surface area contributed by atoms with E-state index in [-0.39, 0.29) is 0 Å². The molecular weight excluding hydrogens is 326 g/mol. The summed E-state index contributed by atoms with van der Waals surface area (Å²) in [7, 11) is 6.48. The van der Waals surface area contributed by atoms with Crippen molar-refractivity contribution in [2.45, 2.75) is 31.8 Å². The molecule has 4 heterocycles. The van der Waals surface area contributed by atoms with Crippen molar-refractivity contribution in [3.8, 4) is 0 Å². The monoisotopic (exact) mass is 355 g/mol. The van der Waals surface area contributed by atoms with Crippen LogP contribution in [0, 0.1) is 5.92 Å². The summed E-state index contributed by atoms with van der Waals surface area (Å²) in [5.41, 5.74) is 3.76. The molecular formula is C19H29N7. The molecule has 0 spiro atoms. The number of imidazole rings is 1. The summed E-state index contributed by atoms with van der Waals surface area (Å²) in [6.45, 7) is 4.06. The zero-order valence-corrected chi connectivity index (χ0v) is 16.0. The van der Waals surface area contributed by atoms with Crippen LogP contribution in [0.25, 0.3) is 0 Å². The van der Waals surface area contributed by atoms with Gasteiger partial charge in [-0.1, -0.05) is 0 Å². The molecule has 26 heavy (non-hydrogen) atoms. The Labute approximate surface area is 155 Å². The molecule has 0 radical (unpaired) electrons. The normalized spacial score (nSPS) is 24.4. The molecule has 0 saturated carbocycles. The average molecular weight is 355 g/mol. The lowest BCUT2D eigenvalue weighted by Crippen LogP contribution is -2.40. The van der Waals surface area contributed by atoms with Gasteiger partial charge in [0.1, 0.15) is 12.1 Å². The number of aromatic nitrogens is 4. The predicted octanol–water partition coefficient (Wildman–Crippen LogP) is 1.69. The summed E-state index contributed by atoms with van der Waals surface area (Å²) in [5.74, 6) is 1.55. The fourth-order valence-corrected chi connectivity index (χ4v) is 4.45. The van der Waals surface area contributed by atoms with Crippen molar-refractivity contribution in [1.29, 1.82) is 0 Å². The maximum Gasteiger partial charge on any atom is 0.134 e. The van der Waals surface area contributed by atoms with Crippen molar-refractivity contribution in [2.24, 2.45) is 13.0 Å². The number of rotatable bonds is 4. The van der Waals surface area contributed by atoms with Crippen LogP contribution < -0.4 is 5.32 Å². The lowest BCUT2D eigenvalue weighted by atomic mass is 9.87. The number of aryl methyl sites for hydroxylation is 1. The molecule has 2 aromatic rings. The van der Waals surface area contributed by atoms with Crippen LogP contribution in [-0.2, 0) is 20.0 Å². The zero-order chi connectivity index (χ0) is 18.1. The molecule has 2 aliphatic rings. The van der Waals surface area contributed by atoms with E-state index in [0.717, 1.165) is 38.4 Å². The van der Waals surface area contributed by atoms with Crippen molar-refractivity contribution in [1.82, 2.24) is 29.3 Å². The first-order chi connectivity index (χ1) is 12.6. The topological polar surface area (TPSA) is 62.1 Å². The van der Waals surface area contributed by atoms with E-state index in [1.54, 1.807) is 6.33 Å². The number of anilines is 1. The Morgan fingerprint density at radius 3 is 2.88 bits per heavy atom. The van der Waals surface area contributed by atoms with E-state index in [9.17, 15) is 0 Å². The van der Waals surface area contributed by atoms with Gasteiger partial charge in [-0.25, -0.2) is 15.0 Å². The van der Waals surface area contributed by atoms with Crippen molar-refractivity contribution in [3.05, 3.63) is 35.8 Å². The Bertz CT molecular complexity index is 756. The van der Waals surface area contributed by atoms with Gasteiger partial charge in [-0.3, -0.25) is 4.90 Å². The summed E-state index contributed by atoms with van der Waals surface area (Å²) >= 11 is 0. The van der Waals surface area contributed by atoms with Gasteiger partial charge < -0.3 is 14.8 Å². The van der Waals surface area contributed by atoms with Gasteiger partial charge in [-0.15, -0.1) is 0 Å². The largest absolute Gasteiger partial charge is 0.369 e. The molecule has 0 aliphatic carbocycles. The molecule has 1 N–H and O–H groups in total. The molecule has 1 saturated heterocycles. The highest BCUT2D eigenvalue weighted by Gasteiger charge is 2.32. The molecule has 0 amide bonds. The molecule has 2 aliphatic heterocycles. The van der Waals surface area contributed by atoms with Crippen LogP contribution >= 0.6 is 0 Å². The van der Waals surface area contributed by atoms with Crippen LogP contribution in [0.4, 0.5) is 5.82 Å². The predicted molar refractivity (Wildman–Crippen MR) is 102 cm³/mol. The molecule has 7 nitrogen and oxygen atoms in total. The third kappa shape index (κ3) is 3.33. The summed E-state index contributed by atoms with van der Waals surface area (Å²) < 4.78 is 2.15. The number of likely N-dealkylation sites (N-methyl/N-ethyl adjacent to an activating group) is 1. The van der Waals surface area contributed by atoms with Crippen molar-refractivity contribution in [3.63, 3.8) is 0 Å². The van der Waals surface area contributed by atoms with Gasteiger partial charge in [0, 0.05) is 44.9 Å². The highest BCUT2D eigenvalue weighted by molar-refractivity contribution is 5.47. The number of hydrogen-bond acceptors (Lipinski definition) is 6. The SMILES string of the molecule is CN1CCc2ncnc(NC[C@@H]3CCCN(C)[C@H]3c3cncn3C)c2C1. The minimum Gasteiger partial charge on any atom is -0.369 e. The standard InChI is InChI=1S/C19H29N7/c1-24-8-6-16-15(11-24)19(23-12-22-16)21-9-14-5-4-7-25(2)18(14)17-10-20-13-26(17)3/h10,12-14,18H,4-9,11H2,1-3H3,(H,21,22,23)/t14-,18+/m0/s1. The van der Waals surface area contributed by atoms with E-state index in [2.05, 4.69) is 55.8 Å². The van der Waals surface area contributed by atoms with Gasteiger partial charge in [-0.2, -0.15) is 0 Å². The zero-order valence-electron chi connectivity index (χ0n) is 16.0. The van der Waals surface area contributed by atoms with Gasteiger partial charge in [0.2, 0.25) is 0 Å². The maximum absolute atomic E-state index is 4.56. The number of fused-ring (bicyclic) bond motifs is 1. The molecule has 0 aromatic carbocycles. The molecule has 7 heteroatoms. The second kappa shape index (κ2) is 7.32. The fourth-order valence-electron chi connectivity index (χ4n) is 4.45. The van der Waals surface area contributed by atoms with Crippen LogP contribution in [0.3, 0.4) is 0 Å². The van der Waals surface area contributed by atoms with Crippen LogP contribution in [0.15, 0.2) is 18.9 Å². The second-order valence-electron chi connectivity index (χ2n) is 7.77. The number of piperidine rings is 1. The quantitative estimate of drug-likeness (QED) is 0.901. The van der Waals surface area contributed by atoms with Crippen LogP contribution in [0.2, 0.25) is 0 Å². The molecule has 2 atom stereocenters. The minimum absolute atomic E-state index is 0.393. The first-order valence-corrected chi connectivity index (χ1v) is 9.55. The van der Waals surface area contributed by atoms with Crippen LogP contribution in [-0.4, -0.2) is 63.0 Å². The molecule has 4 rings (SSSR count). The number of nitrogens with zero attached hydrogens (tertiary/aromatic N) is 6. The minimum atomic E-state index is 0.393. The Hall–Kier alpha value is -1.99. The van der Waals surface area contributed by atoms with Gasteiger partial charge in [-0.05, 0) is 39.4 Å². The lowest BCUT2D eigenvalue weighted by Gasteiger charge is -2.39. The molecule has 0 bridgehead atoms. The third-order valence-corrected chi connectivity index (χ3v) is 5.89. The summed E-state index contributed by atoms with van der Waals surface area (Å²) in [6, 6.07) is 0.393. The lowest BCUT2D eigenvalue weighted by molar-refractivity contribution is 0.122. The number of nitrogens with one attached hydrogen (secondary N) is 1. The van der Waals surface area contributed by atoms with E-state index in [0.29, 0.717) is 12.0 Å². The Balaban J connectivity index is 1.53. The van der Waals surface area contributed by atoms with E-state index in [1.165, 1.54) is 29.8 Å². The Morgan fingerprint density at radius 2 is 2.08 bits per heavy atom. The van der Waals surface area contributed by atoms with E-state index < -0.39 is 0 Å². The molecule has 1 fully saturated rings. The van der Waals surface area contributed by atoms with Gasteiger partial charge >= 0.3 is 0 Å². The Morgan fingerprint density at radius 1 is 1.19 bits per heavy atom. The highest BCUT2D eigenvalue weighted by atomic mass is 15.2. The van der Waals surface area contributed by atoms with E-state index in [1.807, 2.05) is 12.5 Å². The highest BCUT2D eigenvalue weighted by Crippen LogP contribution is 2.35. The summed E-state index contributed by atoms with van der Waals surface area (Å²) in [5, 5.41) is 3.66. The first kappa shape index (κ1) is 17.4. The molecule has 2 aromatic heterocycles. The van der Waals surface area contributed by atoms with Gasteiger partial charge in [0.25, 0.3) is 0 Å². The molecule has 0 unspecified atom stereocenters. The summed E-state index contributed by atoms with van der Waals surface area (Å²) in [4.78, 5) is 18.2. The van der Waals surface area contributed by atoms with Crippen LogP contribution in [0.5, 0.6) is 0 Å². The number of likely N-dealkylation sites (tertiary alicyclic amines) is 1. The first-order valence-electron chi connectivity index (χ1n) is 9.55.